The van der Waals surface area contributed by atoms with Crippen LogP contribution in [0.15, 0.2) is 18.2 Å². The van der Waals surface area contributed by atoms with E-state index in [4.69, 9.17) is 11.6 Å². The van der Waals surface area contributed by atoms with Gasteiger partial charge in [-0.05, 0) is 30.7 Å². The van der Waals surface area contributed by atoms with Gasteiger partial charge in [-0.3, -0.25) is 0 Å². The molecular weight excluding hydrogens is 326 g/mol. The van der Waals surface area contributed by atoms with E-state index in [1.807, 2.05) is 0 Å². The van der Waals surface area contributed by atoms with Crippen molar-refractivity contribution in [2.45, 2.75) is 12.2 Å². The molecule has 1 heterocycles. The van der Waals surface area contributed by atoms with E-state index < -0.39 is 15.8 Å². The van der Waals surface area contributed by atoms with E-state index >= 15 is 0 Å². The Labute approximate surface area is 129 Å². The fraction of sp³-hybridized carbons (Fsp3) is 0.500. The van der Waals surface area contributed by atoms with Crippen molar-refractivity contribution < 1.29 is 12.8 Å². The minimum Gasteiger partial charge on any atom is -0.315 e. The molecule has 114 valence electrons. The van der Waals surface area contributed by atoms with Gasteiger partial charge in [-0.15, -0.1) is 12.4 Å². The second-order valence-corrected chi connectivity index (χ2v) is 6.88. The summed E-state index contributed by atoms with van der Waals surface area (Å²) in [4.78, 5) is 0. The summed E-state index contributed by atoms with van der Waals surface area (Å²) in [5.74, 6) is -0.686. The topological polar surface area (TPSA) is 49.4 Å². The van der Waals surface area contributed by atoms with Gasteiger partial charge in [0.1, 0.15) is 5.82 Å². The van der Waals surface area contributed by atoms with Crippen LogP contribution >= 0.6 is 24.0 Å². The summed E-state index contributed by atoms with van der Waals surface area (Å²) in [5, 5.41) is 3.10. The normalized spacial score (nSPS) is 17.3. The van der Waals surface area contributed by atoms with E-state index in [1.165, 1.54) is 22.5 Å². The van der Waals surface area contributed by atoms with Gasteiger partial charge in [-0.2, -0.15) is 0 Å². The summed E-state index contributed by atoms with van der Waals surface area (Å²) in [7, 11) is -3.38. The number of halogens is 3. The van der Waals surface area contributed by atoms with Crippen molar-refractivity contribution in [1.82, 2.24) is 9.62 Å². The molecule has 0 radical (unpaired) electrons. The standard InChI is InChI=1S/C12H16ClFN2O2S.ClH/c13-11-8-10(2-3-12(11)14)9-19(17,18)16-6-1-4-15-5-7-16;/h2-3,8,15H,1,4-7,9H2;1H. The molecule has 4 nitrogen and oxygen atoms in total. The number of hydrogen-bond donors (Lipinski definition) is 1. The Hall–Kier alpha value is -0.400. The quantitative estimate of drug-likeness (QED) is 0.914. The van der Waals surface area contributed by atoms with Crippen LogP contribution in [-0.4, -0.2) is 38.9 Å². The van der Waals surface area contributed by atoms with Crippen molar-refractivity contribution in [3.05, 3.63) is 34.6 Å². The summed E-state index contributed by atoms with van der Waals surface area (Å²) in [6.07, 6.45) is 0.795. The fourth-order valence-electron chi connectivity index (χ4n) is 2.03. The third-order valence-corrected chi connectivity index (χ3v) is 5.17. The van der Waals surface area contributed by atoms with E-state index in [9.17, 15) is 12.8 Å². The summed E-state index contributed by atoms with van der Waals surface area (Å²) in [6, 6.07) is 4.01. The SMILES string of the molecule is Cl.O=S(=O)(Cc1ccc(F)c(Cl)c1)N1CCCNCC1. The molecule has 1 saturated heterocycles. The minimum atomic E-state index is -3.38. The Balaban J connectivity index is 0.00000200. The van der Waals surface area contributed by atoms with Gasteiger partial charge in [0.2, 0.25) is 10.0 Å². The monoisotopic (exact) mass is 342 g/mol. The lowest BCUT2D eigenvalue weighted by atomic mass is 10.2. The molecule has 0 unspecified atom stereocenters. The molecule has 1 aliphatic rings. The van der Waals surface area contributed by atoms with Gasteiger partial charge in [0.15, 0.2) is 0 Å². The number of hydrogen-bond acceptors (Lipinski definition) is 3. The van der Waals surface area contributed by atoms with Crippen molar-refractivity contribution in [3.63, 3.8) is 0 Å². The smallest absolute Gasteiger partial charge is 0.218 e. The van der Waals surface area contributed by atoms with E-state index in [0.717, 1.165) is 13.0 Å². The van der Waals surface area contributed by atoms with Gasteiger partial charge in [0, 0.05) is 19.6 Å². The van der Waals surface area contributed by atoms with E-state index in [0.29, 0.717) is 25.2 Å². The summed E-state index contributed by atoms with van der Waals surface area (Å²) >= 11 is 5.66. The highest BCUT2D eigenvalue weighted by atomic mass is 35.5. The molecular formula is C12H17Cl2FN2O2S. The van der Waals surface area contributed by atoms with Crippen LogP contribution in [0.4, 0.5) is 4.39 Å². The van der Waals surface area contributed by atoms with Crippen molar-refractivity contribution in [2.24, 2.45) is 0 Å². The molecule has 1 fully saturated rings. The zero-order valence-electron chi connectivity index (χ0n) is 10.8. The molecule has 1 aromatic carbocycles. The summed E-state index contributed by atoms with van der Waals surface area (Å²) in [6.45, 7) is 2.47. The molecule has 2 rings (SSSR count). The van der Waals surface area contributed by atoms with Crippen molar-refractivity contribution in [3.8, 4) is 0 Å². The predicted molar refractivity (Wildman–Crippen MR) is 80.3 cm³/mol. The molecule has 20 heavy (non-hydrogen) atoms. The number of nitrogens with one attached hydrogen (secondary N) is 1. The molecule has 0 aliphatic carbocycles. The molecule has 0 spiro atoms. The maximum absolute atomic E-state index is 13.0. The lowest BCUT2D eigenvalue weighted by molar-refractivity contribution is 0.431. The van der Waals surface area contributed by atoms with Crippen LogP contribution in [0, 0.1) is 5.82 Å². The highest BCUT2D eigenvalue weighted by molar-refractivity contribution is 7.88. The third kappa shape index (κ3) is 4.56. The largest absolute Gasteiger partial charge is 0.315 e. The molecule has 0 bridgehead atoms. The summed E-state index contributed by atoms with van der Waals surface area (Å²) in [5.41, 5.74) is 0.503. The van der Waals surface area contributed by atoms with E-state index in [2.05, 4.69) is 5.32 Å². The first-order chi connectivity index (χ1) is 8.99. The van der Waals surface area contributed by atoms with Crippen LogP contribution in [-0.2, 0) is 15.8 Å². The van der Waals surface area contributed by atoms with Crippen LogP contribution in [0.25, 0.3) is 0 Å². The molecule has 1 aliphatic heterocycles. The Morgan fingerprint density at radius 2 is 2.05 bits per heavy atom. The zero-order valence-corrected chi connectivity index (χ0v) is 13.2. The van der Waals surface area contributed by atoms with E-state index in [-0.39, 0.29) is 23.2 Å². The van der Waals surface area contributed by atoms with Gasteiger partial charge < -0.3 is 5.32 Å². The lowest BCUT2D eigenvalue weighted by Crippen LogP contribution is -2.35. The van der Waals surface area contributed by atoms with Crippen molar-refractivity contribution in [1.29, 1.82) is 0 Å². The Morgan fingerprint density at radius 1 is 1.30 bits per heavy atom. The third-order valence-electron chi connectivity index (χ3n) is 3.03. The molecule has 0 saturated carbocycles. The molecule has 8 heteroatoms. The first-order valence-corrected chi connectivity index (χ1v) is 8.10. The Kier molecular flexibility index (Phi) is 6.68. The average molecular weight is 343 g/mol. The minimum absolute atomic E-state index is 0. The average Bonchev–Trinajstić information content (AvgIpc) is 2.63. The first kappa shape index (κ1) is 17.7. The van der Waals surface area contributed by atoms with Crippen LogP contribution < -0.4 is 5.32 Å². The first-order valence-electron chi connectivity index (χ1n) is 6.11. The Morgan fingerprint density at radius 3 is 2.75 bits per heavy atom. The highest BCUT2D eigenvalue weighted by Crippen LogP contribution is 2.19. The summed E-state index contributed by atoms with van der Waals surface area (Å²) < 4.78 is 39.0. The van der Waals surface area contributed by atoms with Crippen LogP contribution in [0.5, 0.6) is 0 Å². The zero-order chi connectivity index (χ0) is 13.9. The number of rotatable bonds is 3. The maximum Gasteiger partial charge on any atom is 0.218 e. The molecule has 0 atom stereocenters. The number of sulfonamides is 1. The molecule has 1 N–H and O–H groups in total. The van der Waals surface area contributed by atoms with Gasteiger partial charge >= 0.3 is 0 Å². The number of nitrogens with zero attached hydrogens (tertiary/aromatic N) is 1. The predicted octanol–water partition coefficient (Wildman–Crippen LogP) is 2.03. The van der Waals surface area contributed by atoms with Gasteiger partial charge in [0.05, 0.1) is 10.8 Å². The second kappa shape index (κ2) is 7.56. The van der Waals surface area contributed by atoms with E-state index in [1.54, 1.807) is 0 Å². The fourth-order valence-corrected chi connectivity index (χ4v) is 3.79. The molecule has 0 aromatic heterocycles. The molecule has 1 aromatic rings. The van der Waals surface area contributed by atoms with Crippen molar-refractivity contribution >= 4 is 34.0 Å². The molecule has 0 amide bonds. The van der Waals surface area contributed by atoms with Crippen LogP contribution in [0.2, 0.25) is 5.02 Å². The maximum atomic E-state index is 13.0. The highest BCUT2D eigenvalue weighted by Gasteiger charge is 2.23. The Bertz CT molecular complexity index is 546. The van der Waals surface area contributed by atoms with Gasteiger partial charge in [0.25, 0.3) is 0 Å². The van der Waals surface area contributed by atoms with Crippen molar-refractivity contribution in [2.75, 3.05) is 26.2 Å². The van der Waals surface area contributed by atoms with Crippen LogP contribution in [0.3, 0.4) is 0 Å². The van der Waals surface area contributed by atoms with Gasteiger partial charge in [-0.25, -0.2) is 17.1 Å². The van der Waals surface area contributed by atoms with Gasteiger partial charge in [-0.1, -0.05) is 17.7 Å². The second-order valence-electron chi connectivity index (χ2n) is 4.51. The number of benzene rings is 1. The van der Waals surface area contributed by atoms with Crippen LogP contribution in [0.1, 0.15) is 12.0 Å². The lowest BCUT2D eigenvalue weighted by Gasteiger charge is -2.19.